The summed E-state index contributed by atoms with van der Waals surface area (Å²) in [7, 11) is 0. The van der Waals surface area contributed by atoms with Gasteiger partial charge in [-0.25, -0.2) is 0 Å². The lowest BCUT2D eigenvalue weighted by Crippen LogP contribution is -2.05. The van der Waals surface area contributed by atoms with Crippen molar-refractivity contribution in [2.75, 3.05) is 0 Å². The third kappa shape index (κ3) is 1.61. The Kier molecular flexibility index (Phi) is 2.08. The van der Waals surface area contributed by atoms with E-state index in [0.29, 0.717) is 5.76 Å². The van der Waals surface area contributed by atoms with Gasteiger partial charge in [-0.3, -0.25) is 0 Å². The molecule has 10 heavy (non-hydrogen) atoms. The summed E-state index contributed by atoms with van der Waals surface area (Å²) in [5.41, 5.74) is 0. The van der Waals surface area contributed by atoms with Crippen molar-refractivity contribution in [3.63, 3.8) is 0 Å². The molecule has 0 spiro atoms. The molecule has 0 aromatic carbocycles. The van der Waals surface area contributed by atoms with Crippen molar-refractivity contribution >= 4 is 0 Å². The molecule has 0 bridgehead atoms. The van der Waals surface area contributed by atoms with Crippen molar-refractivity contribution in [3.8, 4) is 6.07 Å². The normalized spacial score (nSPS) is 12.4. The summed E-state index contributed by atoms with van der Waals surface area (Å²) in [5.74, 6) is 0.633. The summed E-state index contributed by atoms with van der Waals surface area (Å²) in [5, 5.41) is 17.0. The predicted octanol–water partition coefficient (Wildman–Crippen LogP) is 0.707. The van der Waals surface area contributed by atoms with Crippen LogP contribution in [0, 0.1) is 11.3 Å². The Balaban J connectivity index is 2.50. The zero-order valence-electron chi connectivity index (χ0n) is 5.32. The van der Waals surface area contributed by atoms with E-state index in [9.17, 15) is 0 Å². The fraction of sp³-hybridized carbons (Fsp3) is 0.286. The molecule has 0 aliphatic rings. The smallest absolute Gasteiger partial charge is 0.147 e. The Bertz CT molecular complexity index is 222. The van der Waals surface area contributed by atoms with Gasteiger partial charge >= 0.3 is 0 Å². The molecule has 1 heterocycles. The summed E-state index contributed by atoms with van der Waals surface area (Å²) in [4.78, 5) is 0. The van der Waals surface area contributed by atoms with Crippen molar-refractivity contribution in [1.82, 2.24) is 0 Å². The van der Waals surface area contributed by atoms with E-state index in [2.05, 4.69) is 0 Å². The van der Waals surface area contributed by atoms with E-state index in [1.165, 1.54) is 6.26 Å². The van der Waals surface area contributed by atoms with Gasteiger partial charge in [-0.05, 0) is 12.1 Å². The number of rotatable bonds is 2. The number of nitriles is 1. The molecule has 1 aromatic heterocycles. The quantitative estimate of drug-likeness (QED) is 0.610. The molecule has 0 saturated carbocycles. The average Bonchev–Trinajstić information content (AvgIpc) is 2.40. The second-order valence-corrected chi connectivity index (χ2v) is 1.93. The minimum absolute atomic E-state index is 0.267. The molecular weight excluding hydrogens is 130 g/mol. The molecule has 0 fully saturated rings. The molecular formula is C7H7NO2. The molecule has 1 aromatic rings. The highest BCUT2D eigenvalue weighted by atomic mass is 16.3. The van der Waals surface area contributed by atoms with Crippen LogP contribution in [0.2, 0.25) is 0 Å². The van der Waals surface area contributed by atoms with Crippen LogP contribution < -0.4 is 0 Å². The zero-order chi connectivity index (χ0) is 7.40. The lowest BCUT2D eigenvalue weighted by molar-refractivity contribution is 0.221. The van der Waals surface area contributed by atoms with Crippen molar-refractivity contribution in [2.45, 2.75) is 12.5 Å². The first-order valence-corrected chi connectivity index (χ1v) is 2.93. The lowest BCUT2D eigenvalue weighted by atomic mass is 10.2. The number of aliphatic hydroxyl groups is 1. The Labute approximate surface area is 58.5 Å². The van der Waals surface area contributed by atoms with Gasteiger partial charge in [0.2, 0.25) is 0 Å². The monoisotopic (exact) mass is 137 g/mol. The van der Waals surface area contributed by atoms with Crippen LogP contribution in [0.15, 0.2) is 22.8 Å². The third-order valence-corrected chi connectivity index (χ3v) is 1.12. The number of furan rings is 1. The molecule has 0 radical (unpaired) electrons. The summed E-state index contributed by atoms with van der Waals surface area (Å²) < 4.78 is 4.89. The largest absolute Gasteiger partial charge is 0.469 e. The third-order valence-electron chi connectivity index (χ3n) is 1.12. The van der Waals surface area contributed by atoms with Crippen molar-refractivity contribution in [3.05, 3.63) is 24.2 Å². The van der Waals surface area contributed by atoms with E-state index >= 15 is 0 Å². The summed E-state index contributed by atoms with van der Waals surface area (Å²) in [6.45, 7) is 0. The summed E-state index contributed by atoms with van der Waals surface area (Å²) in [6, 6.07) is 5.14. The van der Waals surface area contributed by atoms with Gasteiger partial charge in [-0.15, -0.1) is 0 Å². The van der Waals surface area contributed by atoms with Gasteiger partial charge in [0.15, 0.2) is 0 Å². The second-order valence-electron chi connectivity index (χ2n) is 1.93. The van der Waals surface area contributed by atoms with Crippen molar-refractivity contribution in [2.24, 2.45) is 0 Å². The first kappa shape index (κ1) is 6.84. The van der Waals surface area contributed by atoms with E-state index in [0.717, 1.165) is 0 Å². The molecule has 0 amide bonds. The second kappa shape index (κ2) is 3.04. The van der Waals surface area contributed by atoms with Gasteiger partial charge in [-0.1, -0.05) is 0 Å². The SMILES string of the molecule is N#CC(O)Cc1ccco1. The van der Waals surface area contributed by atoms with Crippen molar-refractivity contribution in [1.29, 1.82) is 5.26 Å². The molecule has 0 aliphatic carbocycles. The zero-order valence-corrected chi connectivity index (χ0v) is 5.32. The van der Waals surface area contributed by atoms with Crippen LogP contribution in [-0.4, -0.2) is 11.2 Å². The number of hydrogen-bond acceptors (Lipinski definition) is 3. The Morgan fingerprint density at radius 1 is 1.80 bits per heavy atom. The first-order valence-electron chi connectivity index (χ1n) is 2.93. The number of hydrogen-bond donors (Lipinski definition) is 1. The Morgan fingerprint density at radius 3 is 3.10 bits per heavy atom. The van der Waals surface area contributed by atoms with Crippen LogP contribution in [0.1, 0.15) is 5.76 Å². The highest BCUT2D eigenvalue weighted by molar-refractivity contribution is 5.02. The van der Waals surface area contributed by atoms with E-state index in [-0.39, 0.29) is 6.42 Å². The van der Waals surface area contributed by atoms with Gasteiger partial charge in [-0.2, -0.15) is 5.26 Å². The highest BCUT2D eigenvalue weighted by Gasteiger charge is 2.03. The fourth-order valence-electron chi connectivity index (χ4n) is 0.665. The molecule has 1 rings (SSSR count). The standard InChI is InChI=1S/C7H7NO2/c8-5-6(9)4-7-2-1-3-10-7/h1-3,6,9H,4H2. The summed E-state index contributed by atoms with van der Waals surface area (Å²) in [6.07, 6.45) is 0.828. The maximum Gasteiger partial charge on any atom is 0.147 e. The maximum absolute atomic E-state index is 8.81. The number of aliphatic hydroxyl groups excluding tert-OH is 1. The lowest BCUT2D eigenvalue weighted by Gasteiger charge is -1.94. The first-order chi connectivity index (χ1) is 4.83. The molecule has 0 aliphatic heterocycles. The van der Waals surface area contributed by atoms with Crippen LogP contribution in [0.3, 0.4) is 0 Å². The molecule has 3 nitrogen and oxygen atoms in total. The maximum atomic E-state index is 8.81. The fourth-order valence-corrected chi connectivity index (χ4v) is 0.665. The van der Waals surface area contributed by atoms with Gasteiger partial charge in [0.05, 0.1) is 12.3 Å². The molecule has 1 atom stereocenters. The molecule has 3 heteroatoms. The molecule has 52 valence electrons. The number of nitrogens with zero attached hydrogens (tertiary/aromatic N) is 1. The van der Waals surface area contributed by atoms with Crippen LogP contribution in [0.25, 0.3) is 0 Å². The van der Waals surface area contributed by atoms with Crippen LogP contribution in [-0.2, 0) is 6.42 Å². The molecule has 1 unspecified atom stereocenters. The highest BCUT2D eigenvalue weighted by Crippen LogP contribution is 2.02. The van der Waals surface area contributed by atoms with Crippen molar-refractivity contribution < 1.29 is 9.52 Å². The van der Waals surface area contributed by atoms with Gasteiger partial charge < -0.3 is 9.52 Å². The minimum Gasteiger partial charge on any atom is -0.469 e. The Morgan fingerprint density at radius 2 is 2.60 bits per heavy atom. The van der Waals surface area contributed by atoms with Gasteiger partial charge in [0, 0.05) is 6.42 Å². The van der Waals surface area contributed by atoms with Crippen LogP contribution in [0.4, 0.5) is 0 Å². The topological polar surface area (TPSA) is 57.2 Å². The molecule has 1 N–H and O–H groups in total. The summed E-state index contributed by atoms with van der Waals surface area (Å²) >= 11 is 0. The van der Waals surface area contributed by atoms with Gasteiger partial charge in [0.1, 0.15) is 11.9 Å². The predicted molar refractivity (Wildman–Crippen MR) is 34.0 cm³/mol. The van der Waals surface area contributed by atoms with Crippen LogP contribution in [0.5, 0.6) is 0 Å². The van der Waals surface area contributed by atoms with E-state index in [4.69, 9.17) is 14.8 Å². The molecule has 0 saturated heterocycles. The van der Waals surface area contributed by atoms with Gasteiger partial charge in [0.25, 0.3) is 0 Å². The van der Waals surface area contributed by atoms with E-state index in [1.54, 1.807) is 18.2 Å². The minimum atomic E-state index is -0.953. The van der Waals surface area contributed by atoms with E-state index < -0.39 is 6.10 Å². The van der Waals surface area contributed by atoms with E-state index in [1.807, 2.05) is 0 Å². The average molecular weight is 137 g/mol. The van der Waals surface area contributed by atoms with Crippen LogP contribution >= 0.6 is 0 Å². The Hall–Kier alpha value is -1.27.